The van der Waals surface area contributed by atoms with Crippen LogP contribution in [0.25, 0.3) is 0 Å². The summed E-state index contributed by atoms with van der Waals surface area (Å²) in [6.45, 7) is 5.26. The molecule has 0 bridgehead atoms. The number of anilines is 1. The van der Waals surface area contributed by atoms with Crippen LogP contribution in [0.5, 0.6) is 0 Å². The molecule has 0 unspecified atom stereocenters. The first-order valence-electron chi connectivity index (χ1n) is 8.84. The van der Waals surface area contributed by atoms with Gasteiger partial charge in [0.1, 0.15) is 5.82 Å². The van der Waals surface area contributed by atoms with Crippen LogP contribution in [0.1, 0.15) is 18.7 Å². The molecule has 1 saturated heterocycles. The van der Waals surface area contributed by atoms with E-state index in [2.05, 4.69) is 9.62 Å². The predicted molar refractivity (Wildman–Crippen MR) is 98.2 cm³/mol. The molecule has 8 heteroatoms. The topological polar surface area (TPSA) is 67.0 Å². The number of quaternary nitrogens is 1. The van der Waals surface area contributed by atoms with E-state index in [9.17, 15) is 12.8 Å². The second kappa shape index (κ2) is 8.20. The number of benzene rings is 1. The summed E-state index contributed by atoms with van der Waals surface area (Å²) in [7, 11) is -3.25. The number of rotatable bonds is 7. The van der Waals surface area contributed by atoms with E-state index in [1.54, 1.807) is 25.3 Å². The molecule has 2 aromatic rings. The van der Waals surface area contributed by atoms with E-state index >= 15 is 0 Å². The van der Waals surface area contributed by atoms with Crippen molar-refractivity contribution in [2.75, 3.05) is 43.4 Å². The second-order valence-corrected chi connectivity index (χ2v) is 8.54. The van der Waals surface area contributed by atoms with E-state index in [4.69, 9.17) is 4.42 Å². The van der Waals surface area contributed by atoms with Crippen molar-refractivity contribution in [2.45, 2.75) is 13.0 Å². The molecule has 1 aromatic heterocycles. The Morgan fingerprint density at radius 1 is 1.23 bits per heavy atom. The number of nitrogens with zero attached hydrogens (tertiary/aromatic N) is 1. The predicted octanol–water partition coefficient (Wildman–Crippen LogP) is 0.804. The van der Waals surface area contributed by atoms with Crippen LogP contribution in [0, 0.1) is 5.82 Å². The van der Waals surface area contributed by atoms with Gasteiger partial charge in [-0.15, -0.1) is 0 Å². The Bertz CT molecular complexity index is 786. The maximum Gasteiger partial charge on any atom is 0.211 e. The van der Waals surface area contributed by atoms with Crippen molar-refractivity contribution < 1.29 is 22.1 Å². The Balaban J connectivity index is 1.66. The lowest BCUT2D eigenvalue weighted by atomic mass is 10.1. The Hall–Kier alpha value is -1.90. The first-order valence-corrected chi connectivity index (χ1v) is 10.5. The molecular weight excluding hydrogens is 357 g/mol. The quantitative estimate of drug-likeness (QED) is 0.744. The number of hydrogen-bond donors (Lipinski definition) is 2. The van der Waals surface area contributed by atoms with Gasteiger partial charge in [-0.3, -0.25) is 0 Å². The normalized spacial score (nSPS) is 17.4. The van der Waals surface area contributed by atoms with Crippen LogP contribution in [0.15, 0.2) is 47.1 Å². The Morgan fingerprint density at radius 3 is 2.50 bits per heavy atom. The van der Waals surface area contributed by atoms with Crippen molar-refractivity contribution in [3.63, 3.8) is 0 Å². The highest BCUT2D eigenvalue weighted by Gasteiger charge is 2.31. The van der Waals surface area contributed by atoms with Crippen LogP contribution in [0.2, 0.25) is 0 Å². The summed E-state index contributed by atoms with van der Waals surface area (Å²) in [5.74, 6) is 0.610. The highest BCUT2D eigenvalue weighted by molar-refractivity contribution is 7.89. The maximum absolute atomic E-state index is 13.1. The van der Waals surface area contributed by atoms with Gasteiger partial charge in [0, 0.05) is 5.69 Å². The Kier molecular flexibility index (Phi) is 5.95. The van der Waals surface area contributed by atoms with Crippen molar-refractivity contribution in [1.82, 2.24) is 4.72 Å². The van der Waals surface area contributed by atoms with Crippen LogP contribution in [0.4, 0.5) is 10.1 Å². The zero-order valence-corrected chi connectivity index (χ0v) is 15.6. The summed E-state index contributed by atoms with van der Waals surface area (Å²) in [5.41, 5.74) is 1.01. The van der Waals surface area contributed by atoms with E-state index in [0.717, 1.165) is 37.6 Å². The monoisotopic (exact) mass is 382 g/mol. The van der Waals surface area contributed by atoms with Crippen molar-refractivity contribution in [3.8, 4) is 0 Å². The average Bonchev–Trinajstić information content (AvgIpc) is 3.17. The van der Waals surface area contributed by atoms with E-state index in [1.807, 2.05) is 12.1 Å². The third-order valence-electron chi connectivity index (χ3n) is 4.86. The van der Waals surface area contributed by atoms with Crippen LogP contribution in [0.3, 0.4) is 0 Å². The fraction of sp³-hybridized carbons (Fsp3) is 0.444. The lowest BCUT2D eigenvalue weighted by molar-refractivity contribution is -0.931. The first-order chi connectivity index (χ1) is 12.5. The van der Waals surface area contributed by atoms with Gasteiger partial charge in [0.2, 0.25) is 10.0 Å². The highest BCUT2D eigenvalue weighted by Crippen LogP contribution is 2.16. The summed E-state index contributed by atoms with van der Waals surface area (Å²) in [6.07, 6.45) is 1.62. The van der Waals surface area contributed by atoms with E-state index in [1.165, 1.54) is 17.0 Å². The van der Waals surface area contributed by atoms with Gasteiger partial charge in [-0.2, -0.15) is 0 Å². The van der Waals surface area contributed by atoms with Gasteiger partial charge < -0.3 is 14.2 Å². The number of halogens is 1. The minimum atomic E-state index is -3.25. The molecule has 3 rings (SSSR count). The summed E-state index contributed by atoms with van der Waals surface area (Å²) in [4.78, 5) is 3.50. The second-order valence-electron chi connectivity index (χ2n) is 6.44. The van der Waals surface area contributed by atoms with Crippen LogP contribution < -0.4 is 14.5 Å². The lowest BCUT2D eigenvalue weighted by Gasteiger charge is -2.37. The maximum atomic E-state index is 13.1. The number of nitrogens with one attached hydrogen (secondary N) is 2. The zero-order chi connectivity index (χ0) is 18.6. The molecule has 1 aliphatic rings. The number of piperazine rings is 1. The average molecular weight is 382 g/mol. The van der Waals surface area contributed by atoms with Gasteiger partial charge >= 0.3 is 0 Å². The highest BCUT2D eigenvalue weighted by atomic mass is 32.2. The SMILES string of the molecule is CCS(=O)(=O)NC[C@H](c1ccco1)[NH+]1CCN(c2ccc(F)cc2)CC1. The van der Waals surface area contributed by atoms with E-state index in [0.29, 0.717) is 6.54 Å². The van der Waals surface area contributed by atoms with Crippen molar-refractivity contribution in [2.24, 2.45) is 0 Å². The molecule has 0 radical (unpaired) electrons. The molecule has 1 fully saturated rings. The molecule has 26 heavy (non-hydrogen) atoms. The van der Waals surface area contributed by atoms with Gasteiger partial charge in [0.05, 0.1) is 44.7 Å². The third kappa shape index (κ3) is 4.63. The van der Waals surface area contributed by atoms with Crippen LogP contribution in [-0.4, -0.2) is 46.9 Å². The molecular formula is C18H25FN3O3S+. The lowest BCUT2D eigenvalue weighted by Crippen LogP contribution is -3.15. The fourth-order valence-electron chi connectivity index (χ4n) is 3.30. The molecule has 2 heterocycles. The molecule has 1 aliphatic heterocycles. The molecule has 1 aromatic carbocycles. The molecule has 142 valence electrons. The summed E-state index contributed by atoms with van der Waals surface area (Å²) < 4.78 is 45.0. The summed E-state index contributed by atoms with van der Waals surface area (Å²) >= 11 is 0. The van der Waals surface area contributed by atoms with Gasteiger partial charge in [-0.1, -0.05) is 0 Å². The largest absolute Gasteiger partial charge is 0.463 e. The number of sulfonamides is 1. The molecule has 1 atom stereocenters. The molecule has 2 N–H and O–H groups in total. The summed E-state index contributed by atoms with van der Waals surface area (Å²) in [5, 5.41) is 0. The third-order valence-corrected chi connectivity index (χ3v) is 6.23. The Labute approximate surface area is 153 Å². The van der Waals surface area contributed by atoms with Crippen LogP contribution in [-0.2, 0) is 10.0 Å². The standard InChI is InChI=1S/C18H24FN3O3S/c1-2-26(23,24)20-14-17(18-4-3-13-25-18)22-11-9-21(10-12-22)16-7-5-15(19)6-8-16/h3-8,13,17,20H,2,9-12,14H2,1H3/p+1/t17-/m1/s1. The van der Waals surface area contributed by atoms with Gasteiger partial charge in [0.25, 0.3) is 0 Å². The minimum Gasteiger partial charge on any atom is -0.463 e. The number of furan rings is 1. The molecule has 0 amide bonds. The van der Waals surface area contributed by atoms with Gasteiger partial charge in [-0.05, 0) is 43.3 Å². The van der Waals surface area contributed by atoms with Crippen LogP contribution >= 0.6 is 0 Å². The zero-order valence-electron chi connectivity index (χ0n) is 14.8. The van der Waals surface area contributed by atoms with Crippen molar-refractivity contribution >= 4 is 15.7 Å². The summed E-state index contributed by atoms with van der Waals surface area (Å²) in [6, 6.07) is 10.2. The van der Waals surface area contributed by atoms with Crippen molar-refractivity contribution in [3.05, 3.63) is 54.2 Å². The van der Waals surface area contributed by atoms with E-state index < -0.39 is 10.0 Å². The fourth-order valence-corrected chi connectivity index (χ4v) is 3.93. The number of hydrogen-bond acceptors (Lipinski definition) is 4. The molecule has 6 nitrogen and oxygen atoms in total. The molecule has 0 saturated carbocycles. The Morgan fingerprint density at radius 2 is 1.92 bits per heavy atom. The van der Waals surface area contributed by atoms with Crippen molar-refractivity contribution in [1.29, 1.82) is 0 Å². The first kappa shape index (κ1) is 18.9. The van der Waals surface area contributed by atoms with E-state index in [-0.39, 0.29) is 17.6 Å². The minimum absolute atomic E-state index is 0.0611. The molecule has 0 aliphatic carbocycles. The smallest absolute Gasteiger partial charge is 0.211 e. The van der Waals surface area contributed by atoms with Gasteiger partial charge in [0.15, 0.2) is 11.8 Å². The van der Waals surface area contributed by atoms with Gasteiger partial charge in [-0.25, -0.2) is 17.5 Å². The molecule has 0 spiro atoms.